The fraction of sp³-hybridized carbons (Fsp3) is 0.409. The average molecular weight is 509 g/mol. The number of esters is 2. The minimum absolute atomic E-state index is 0.0574. The van der Waals surface area contributed by atoms with Gasteiger partial charge in [-0.2, -0.15) is 5.26 Å². The molecule has 10 heteroatoms. The van der Waals surface area contributed by atoms with Crippen molar-refractivity contribution in [3.05, 3.63) is 45.0 Å². The quantitative estimate of drug-likeness (QED) is 0.498. The molecule has 1 unspecified atom stereocenters. The van der Waals surface area contributed by atoms with Gasteiger partial charge in [0.25, 0.3) is 0 Å². The minimum atomic E-state index is -0.861. The molecule has 1 aliphatic heterocycles. The zero-order chi connectivity index (χ0) is 23.8. The SMILES string of the molecule is CCOC(=O)COc1cc(Br)c(C2C(C#N)=C(N)OC(C)=C2C(=O)OCC)cc1OCC. The van der Waals surface area contributed by atoms with Gasteiger partial charge in [-0.05, 0) is 45.4 Å². The van der Waals surface area contributed by atoms with Crippen LogP contribution in [0.1, 0.15) is 39.2 Å². The number of hydrogen-bond acceptors (Lipinski definition) is 9. The van der Waals surface area contributed by atoms with Gasteiger partial charge in [0.15, 0.2) is 18.1 Å². The van der Waals surface area contributed by atoms with E-state index in [1.807, 2.05) is 6.07 Å². The Morgan fingerprint density at radius 2 is 1.78 bits per heavy atom. The molecule has 0 aromatic heterocycles. The number of hydrogen-bond donors (Lipinski definition) is 1. The smallest absolute Gasteiger partial charge is 0.344 e. The first kappa shape index (κ1) is 25.1. The maximum absolute atomic E-state index is 12.7. The number of ether oxygens (including phenoxy) is 5. The van der Waals surface area contributed by atoms with Gasteiger partial charge < -0.3 is 29.4 Å². The molecule has 0 aliphatic carbocycles. The van der Waals surface area contributed by atoms with E-state index in [4.69, 9.17) is 29.4 Å². The number of allylic oxidation sites excluding steroid dienone is 2. The Kier molecular flexibility index (Phi) is 8.96. The van der Waals surface area contributed by atoms with Gasteiger partial charge in [-0.3, -0.25) is 0 Å². The molecule has 1 aromatic rings. The van der Waals surface area contributed by atoms with Crippen LogP contribution in [0.25, 0.3) is 0 Å². The highest BCUT2D eigenvalue weighted by Gasteiger charge is 2.38. The third kappa shape index (κ3) is 5.53. The zero-order valence-electron chi connectivity index (χ0n) is 18.3. The van der Waals surface area contributed by atoms with Crippen molar-refractivity contribution in [2.45, 2.75) is 33.6 Å². The van der Waals surface area contributed by atoms with Gasteiger partial charge in [-0.15, -0.1) is 0 Å². The summed E-state index contributed by atoms with van der Waals surface area (Å²) in [6.07, 6.45) is 0. The summed E-state index contributed by atoms with van der Waals surface area (Å²) in [5.74, 6) is -1.27. The molecule has 0 fully saturated rings. The van der Waals surface area contributed by atoms with E-state index < -0.39 is 17.9 Å². The first-order valence-corrected chi connectivity index (χ1v) is 10.8. The molecule has 32 heavy (non-hydrogen) atoms. The largest absolute Gasteiger partial charge is 0.490 e. The fourth-order valence-corrected chi connectivity index (χ4v) is 3.71. The summed E-state index contributed by atoms with van der Waals surface area (Å²) in [4.78, 5) is 24.4. The molecular weight excluding hydrogens is 484 g/mol. The van der Waals surface area contributed by atoms with E-state index in [2.05, 4.69) is 15.9 Å². The molecule has 0 amide bonds. The van der Waals surface area contributed by atoms with E-state index in [9.17, 15) is 14.9 Å². The Morgan fingerprint density at radius 1 is 1.12 bits per heavy atom. The summed E-state index contributed by atoms with van der Waals surface area (Å²) in [7, 11) is 0. The van der Waals surface area contributed by atoms with Gasteiger partial charge in [-0.1, -0.05) is 15.9 Å². The molecule has 9 nitrogen and oxygen atoms in total. The Morgan fingerprint density at radius 3 is 2.38 bits per heavy atom. The summed E-state index contributed by atoms with van der Waals surface area (Å²) >= 11 is 3.48. The van der Waals surface area contributed by atoms with Crippen molar-refractivity contribution in [1.29, 1.82) is 5.26 Å². The van der Waals surface area contributed by atoms with Gasteiger partial charge in [0.2, 0.25) is 5.88 Å². The monoisotopic (exact) mass is 508 g/mol. The molecule has 2 N–H and O–H groups in total. The van der Waals surface area contributed by atoms with Crippen LogP contribution in [0, 0.1) is 11.3 Å². The molecule has 172 valence electrons. The first-order chi connectivity index (χ1) is 15.3. The molecule has 1 atom stereocenters. The van der Waals surface area contributed by atoms with Crippen LogP contribution in [0.2, 0.25) is 0 Å². The standard InChI is InChI=1S/C22H25BrN2O7/c1-5-28-16-8-13(15(23)9-17(16)31-11-18(26)29-6-2)20-14(10-24)21(25)32-12(4)19(20)22(27)30-7-3/h8-9,20H,5-7,11,25H2,1-4H3. The van der Waals surface area contributed by atoms with Crippen molar-refractivity contribution in [3.63, 3.8) is 0 Å². The second-order valence-corrected chi connectivity index (χ2v) is 7.32. The van der Waals surface area contributed by atoms with Crippen molar-refractivity contribution < 1.29 is 33.3 Å². The van der Waals surface area contributed by atoms with Crippen LogP contribution in [0.3, 0.4) is 0 Å². The predicted octanol–water partition coefficient (Wildman–Crippen LogP) is 3.43. The zero-order valence-corrected chi connectivity index (χ0v) is 19.9. The lowest BCUT2D eigenvalue weighted by Gasteiger charge is -2.28. The highest BCUT2D eigenvalue weighted by molar-refractivity contribution is 9.10. The number of carbonyl (C=O) groups excluding carboxylic acids is 2. The van der Waals surface area contributed by atoms with Gasteiger partial charge in [0, 0.05) is 4.47 Å². The topological polar surface area (TPSA) is 130 Å². The number of nitrogens with zero attached hydrogens (tertiary/aromatic N) is 1. The average Bonchev–Trinajstić information content (AvgIpc) is 2.73. The van der Waals surface area contributed by atoms with Crippen molar-refractivity contribution in [3.8, 4) is 17.6 Å². The first-order valence-electron chi connectivity index (χ1n) is 9.98. The molecular formula is C22H25BrN2O7. The van der Waals surface area contributed by atoms with Crippen LogP contribution in [0.4, 0.5) is 0 Å². The minimum Gasteiger partial charge on any atom is -0.490 e. The molecule has 0 spiro atoms. The second kappa shape index (κ2) is 11.4. The highest BCUT2D eigenvalue weighted by atomic mass is 79.9. The summed E-state index contributed by atoms with van der Waals surface area (Å²) in [6, 6.07) is 5.25. The number of halogens is 1. The Labute approximate surface area is 194 Å². The van der Waals surface area contributed by atoms with Crippen LogP contribution in [-0.2, 0) is 23.8 Å². The molecule has 1 aromatic carbocycles. The third-order valence-corrected chi connectivity index (χ3v) is 5.11. The Bertz CT molecular complexity index is 995. The van der Waals surface area contributed by atoms with Gasteiger partial charge in [0.05, 0.1) is 31.3 Å². The van der Waals surface area contributed by atoms with Crippen LogP contribution in [0.5, 0.6) is 11.5 Å². The van der Waals surface area contributed by atoms with Crippen molar-refractivity contribution in [2.75, 3.05) is 26.4 Å². The molecule has 1 heterocycles. The lowest BCUT2D eigenvalue weighted by Crippen LogP contribution is -2.26. The van der Waals surface area contributed by atoms with Crippen LogP contribution in [0.15, 0.2) is 39.4 Å². The summed E-state index contributed by atoms with van der Waals surface area (Å²) in [5, 5.41) is 9.76. The maximum atomic E-state index is 12.7. The van der Waals surface area contributed by atoms with E-state index in [1.165, 1.54) is 0 Å². The molecule has 0 saturated heterocycles. The molecule has 0 saturated carbocycles. The lowest BCUT2D eigenvalue weighted by atomic mass is 9.83. The Hall–Kier alpha value is -3.19. The number of nitriles is 1. The van der Waals surface area contributed by atoms with E-state index in [0.717, 1.165) is 0 Å². The summed E-state index contributed by atoms with van der Waals surface area (Å²) < 4.78 is 27.3. The van der Waals surface area contributed by atoms with Crippen molar-refractivity contribution >= 4 is 27.9 Å². The van der Waals surface area contributed by atoms with Gasteiger partial charge in [0.1, 0.15) is 17.4 Å². The van der Waals surface area contributed by atoms with Crippen molar-refractivity contribution in [1.82, 2.24) is 0 Å². The maximum Gasteiger partial charge on any atom is 0.344 e. The third-order valence-electron chi connectivity index (χ3n) is 4.43. The normalized spacial score (nSPS) is 15.6. The van der Waals surface area contributed by atoms with Gasteiger partial charge >= 0.3 is 11.9 Å². The van der Waals surface area contributed by atoms with Crippen LogP contribution >= 0.6 is 15.9 Å². The number of benzene rings is 1. The van der Waals surface area contributed by atoms with Crippen molar-refractivity contribution in [2.24, 2.45) is 5.73 Å². The number of carbonyl (C=O) groups is 2. The van der Waals surface area contributed by atoms with E-state index in [-0.39, 0.29) is 48.4 Å². The fourth-order valence-electron chi connectivity index (χ4n) is 3.16. The molecule has 0 bridgehead atoms. The second-order valence-electron chi connectivity index (χ2n) is 6.46. The molecule has 0 radical (unpaired) electrons. The van der Waals surface area contributed by atoms with E-state index in [1.54, 1.807) is 39.8 Å². The number of nitrogens with two attached hydrogens (primary N) is 1. The van der Waals surface area contributed by atoms with E-state index in [0.29, 0.717) is 22.4 Å². The van der Waals surface area contributed by atoms with Crippen LogP contribution < -0.4 is 15.2 Å². The predicted molar refractivity (Wildman–Crippen MR) is 117 cm³/mol. The lowest BCUT2D eigenvalue weighted by molar-refractivity contribution is -0.145. The Balaban J connectivity index is 2.60. The number of rotatable bonds is 9. The summed E-state index contributed by atoms with van der Waals surface area (Å²) in [5.41, 5.74) is 6.68. The van der Waals surface area contributed by atoms with Gasteiger partial charge in [-0.25, -0.2) is 9.59 Å². The summed E-state index contributed by atoms with van der Waals surface area (Å²) in [6.45, 7) is 7.14. The van der Waals surface area contributed by atoms with E-state index >= 15 is 0 Å². The van der Waals surface area contributed by atoms with Crippen LogP contribution in [-0.4, -0.2) is 38.4 Å². The molecule has 1 aliphatic rings. The molecule has 2 rings (SSSR count). The highest BCUT2D eigenvalue weighted by Crippen LogP contribution is 2.45.